The summed E-state index contributed by atoms with van der Waals surface area (Å²) in [7, 11) is 0. The Morgan fingerprint density at radius 2 is 1.13 bits per heavy atom. The van der Waals surface area contributed by atoms with E-state index in [4.69, 9.17) is 14.2 Å². The Bertz CT molecular complexity index is 1540. The molecule has 0 unspecified atom stereocenters. The first-order valence-corrected chi connectivity index (χ1v) is 26.5. The smallest absolute Gasteiger partial charge is 0.119 e. The van der Waals surface area contributed by atoms with Crippen molar-refractivity contribution >= 4 is 0 Å². The van der Waals surface area contributed by atoms with Gasteiger partial charge in [-0.05, 0) is 152 Å². The van der Waals surface area contributed by atoms with Crippen molar-refractivity contribution in [1.29, 1.82) is 0 Å². The molecular weight excluding hydrogens is 745 g/mol. The minimum atomic E-state index is 0.419. The Morgan fingerprint density at radius 1 is 0.574 bits per heavy atom. The molecule has 0 spiro atoms. The summed E-state index contributed by atoms with van der Waals surface area (Å²) in [4.78, 5) is 0. The maximum atomic E-state index is 6.59. The Balaban J connectivity index is 0.795. The van der Waals surface area contributed by atoms with Crippen molar-refractivity contribution < 1.29 is 14.2 Å². The van der Waals surface area contributed by atoms with E-state index in [2.05, 4.69) is 96.1 Å². The number of hydrogen-bond donors (Lipinski definition) is 0. The van der Waals surface area contributed by atoms with Gasteiger partial charge in [-0.1, -0.05) is 174 Å². The molecular formula is C58H92O3. The molecule has 3 heteroatoms. The van der Waals surface area contributed by atoms with Gasteiger partial charge in [-0.25, -0.2) is 0 Å². The lowest BCUT2D eigenvalue weighted by molar-refractivity contribution is -0.0641. The maximum absolute atomic E-state index is 6.59. The molecule has 6 rings (SSSR count). The van der Waals surface area contributed by atoms with E-state index in [1.807, 2.05) is 0 Å². The fourth-order valence-electron chi connectivity index (χ4n) is 13.2. The monoisotopic (exact) mass is 837 g/mol. The second-order valence-corrected chi connectivity index (χ2v) is 21.7. The topological polar surface area (TPSA) is 27.7 Å². The lowest BCUT2D eigenvalue weighted by Crippen LogP contribution is -2.51. The number of fused-ring (bicyclic) bond motifs is 5. The molecule has 3 fully saturated rings. The van der Waals surface area contributed by atoms with Crippen LogP contribution in [0.25, 0.3) is 11.1 Å². The molecule has 0 aliphatic heterocycles. The zero-order valence-corrected chi connectivity index (χ0v) is 40.5. The summed E-state index contributed by atoms with van der Waals surface area (Å²) in [6.07, 6.45) is 38.1. The van der Waals surface area contributed by atoms with E-state index in [0.29, 0.717) is 16.9 Å². The van der Waals surface area contributed by atoms with Gasteiger partial charge in [-0.15, -0.1) is 0 Å². The van der Waals surface area contributed by atoms with Crippen LogP contribution in [-0.2, 0) is 4.74 Å². The van der Waals surface area contributed by atoms with E-state index in [1.54, 1.807) is 5.57 Å². The van der Waals surface area contributed by atoms with E-state index in [1.165, 1.54) is 165 Å². The van der Waals surface area contributed by atoms with Gasteiger partial charge in [-0.3, -0.25) is 0 Å². The van der Waals surface area contributed by atoms with Crippen molar-refractivity contribution in [3.8, 4) is 22.6 Å². The van der Waals surface area contributed by atoms with Gasteiger partial charge in [0.2, 0.25) is 0 Å². The highest BCUT2D eigenvalue weighted by Gasteiger charge is 2.59. The van der Waals surface area contributed by atoms with Crippen LogP contribution in [0, 0.1) is 46.3 Å². The molecule has 8 atom stereocenters. The van der Waals surface area contributed by atoms with E-state index in [9.17, 15) is 0 Å². The van der Waals surface area contributed by atoms with Gasteiger partial charge in [0.15, 0.2) is 0 Å². The summed E-state index contributed by atoms with van der Waals surface area (Å²) in [5.41, 5.74) is 5.20. The predicted molar refractivity (Wildman–Crippen MR) is 261 cm³/mol. The molecule has 61 heavy (non-hydrogen) atoms. The van der Waals surface area contributed by atoms with Crippen molar-refractivity contribution in [2.45, 2.75) is 215 Å². The molecule has 4 aliphatic carbocycles. The molecule has 2 aromatic rings. The Kier molecular flexibility index (Phi) is 19.5. The summed E-state index contributed by atoms with van der Waals surface area (Å²) in [5.74, 6) is 7.39. The van der Waals surface area contributed by atoms with E-state index < -0.39 is 0 Å². The second-order valence-electron chi connectivity index (χ2n) is 21.7. The fraction of sp³-hybridized carbons (Fsp3) is 0.759. The Hall–Kier alpha value is -2.26. The van der Waals surface area contributed by atoms with Crippen LogP contribution in [0.15, 0.2) is 60.2 Å². The number of rotatable bonds is 28. The number of ether oxygens (including phenoxy) is 3. The molecule has 0 N–H and O–H groups in total. The molecule has 4 aliphatic rings. The van der Waals surface area contributed by atoms with Crippen molar-refractivity contribution in [2.75, 3.05) is 19.8 Å². The third kappa shape index (κ3) is 13.6. The average molecular weight is 837 g/mol. The van der Waals surface area contributed by atoms with Gasteiger partial charge in [0, 0.05) is 6.61 Å². The van der Waals surface area contributed by atoms with E-state index in [-0.39, 0.29) is 0 Å². The molecule has 3 saturated carbocycles. The van der Waals surface area contributed by atoms with Crippen LogP contribution in [0.4, 0.5) is 0 Å². The van der Waals surface area contributed by atoms with E-state index >= 15 is 0 Å². The minimum absolute atomic E-state index is 0.419. The van der Waals surface area contributed by atoms with Crippen LogP contribution < -0.4 is 9.47 Å². The third-order valence-electron chi connectivity index (χ3n) is 17.0. The molecule has 3 nitrogen and oxygen atoms in total. The quantitative estimate of drug-likeness (QED) is 0.0631. The molecule has 342 valence electrons. The van der Waals surface area contributed by atoms with Crippen LogP contribution in [0.2, 0.25) is 0 Å². The zero-order chi connectivity index (χ0) is 42.9. The third-order valence-corrected chi connectivity index (χ3v) is 17.0. The summed E-state index contributed by atoms with van der Waals surface area (Å²) in [5, 5.41) is 0. The van der Waals surface area contributed by atoms with E-state index in [0.717, 1.165) is 79.7 Å². The van der Waals surface area contributed by atoms with Gasteiger partial charge in [0.1, 0.15) is 11.5 Å². The number of hydrogen-bond acceptors (Lipinski definition) is 3. The standard InChI is InChI=1S/C58H92O3/c1-7-8-9-10-11-12-13-14-16-19-41-59-50-30-25-47(26-31-50)48-27-32-51(33-28-48)60-42-20-17-15-18-21-43-61-52-37-39-57(5)49(44-52)29-34-53-55-36-35-54(46(4)24-22-23-45(2)3)58(55,6)40-38-56(53)57/h25-33,45-46,52-56H,7-24,34-44H2,1-6H3/t46-,52+,53+,54-,55+,56+,57+,58-/m1/s1. The SMILES string of the molecule is CCCCCCCCCCCCOc1ccc(-c2ccc(OCCCCCCCO[C@H]3CC[C@@]4(C)C(=CC[C@H]5[C@@H]6CC[C@H]([C@H](C)CCCC(C)C)[C@@]6(C)CC[C@@H]54)C3)cc2)cc1. The molecule has 2 aromatic carbocycles. The fourth-order valence-corrected chi connectivity index (χ4v) is 13.2. The van der Waals surface area contributed by atoms with Gasteiger partial charge >= 0.3 is 0 Å². The van der Waals surface area contributed by atoms with Gasteiger partial charge in [0.05, 0.1) is 19.3 Å². The lowest BCUT2D eigenvalue weighted by atomic mass is 9.47. The molecule has 0 saturated heterocycles. The predicted octanol–water partition coefficient (Wildman–Crippen LogP) is 17.4. The molecule has 0 radical (unpaired) electrons. The Labute approximate surface area is 376 Å². The molecule has 0 bridgehead atoms. The highest BCUT2D eigenvalue weighted by atomic mass is 16.5. The van der Waals surface area contributed by atoms with Crippen LogP contribution in [-0.4, -0.2) is 25.9 Å². The Morgan fingerprint density at radius 3 is 1.70 bits per heavy atom. The van der Waals surface area contributed by atoms with Crippen molar-refractivity contribution in [2.24, 2.45) is 46.3 Å². The van der Waals surface area contributed by atoms with Crippen molar-refractivity contribution in [3.63, 3.8) is 0 Å². The van der Waals surface area contributed by atoms with Crippen LogP contribution >= 0.6 is 0 Å². The first kappa shape index (κ1) is 48.2. The first-order chi connectivity index (χ1) is 29.7. The summed E-state index contributed by atoms with van der Waals surface area (Å²) < 4.78 is 18.7. The van der Waals surface area contributed by atoms with Crippen LogP contribution in [0.1, 0.15) is 208 Å². The number of benzene rings is 2. The molecule has 0 amide bonds. The highest BCUT2D eigenvalue weighted by Crippen LogP contribution is 2.67. The van der Waals surface area contributed by atoms with Crippen LogP contribution in [0.3, 0.4) is 0 Å². The average Bonchev–Trinajstić information content (AvgIpc) is 3.62. The van der Waals surface area contributed by atoms with Gasteiger partial charge < -0.3 is 14.2 Å². The molecule has 0 aromatic heterocycles. The number of allylic oxidation sites excluding steroid dienone is 1. The largest absolute Gasteiger partial charge is 0.494 e. The minimum Gasteiger partial charge on any atom is -0.494 e. The summed E-state index contributed by atoms with van der Waals surface area (Å²) in [6, 6.07) is 17.1. The highest BCUT2D eigenvalue weighted by molar-refractivity contribution is 5.64. The van der Waals surface area contributed by atoms with Crippen LogP contribution in [0.5, 0.6) is 11.5 Å². The van der Waals surface area contributed by atoms with Gasteiger partial charge in [-0.2, -0.15) is 0 Å². The van der Waals surface area contributed by atoms with Crippen molar-refractivity contribution in [3.05, 3.63) is 60.2 Å². The van der Waals surface area contributed by atoms with Crippen molar-refractivity contribution in [1.82, 2.24) is 0 Å². The molecule has 0 heterocycles. The summed E-state index contributed by atoms with van der Waals surface area (Å²) in [6.45, 7) is 17.6. The zero-order valence-electron chi connectivity index (χ0n) is 40.5. The normalized spacial score (nSPS) is 27.6. The number of unbranched alkanes of at least 4 members (excludes halogenated alkanes) is 13. The second kappa shape index (κ2) is 24.7. The lowest BCUT2D eigenvalue weighted by Gasteiger charge is -2.58. The van der Waals surface area contributed by atoms with Gasteiger partial charge in [0.25, 0.3) is 0 Å². The summed E-state index contributed by atoms with van der Waals surface area (Å²) >= 11 is 0. The first-order valence-electron chi connectivity index (χ1n) is 26.5. The maximum Gasteiger partial charge on any atom is 0.119 e.